The van der Waals surface area contributed by atoms with Crippen LogP contribution in [0, 0.1) is 13.8 Å². The summed E-state index contributed by atoms with van der Waals surface area (Å²) in [6.45, 7) is 3.50. The maximum atomic E-state index is 11.9. The van der Waals surface area contributed by atoms with Gasteiger partial charge in [-0.25, -0.2) is 0 Å². The van der Waals surface area contributed by atoms with Gasteiger partial charge in [0, 0.05) is 10.6 Å². The fourth-order valence-electron chi connectivity index (χ4n) is 2.38. The van der Waals surface area contributed by atoms with E-state index >= 15 is 0 Å². The second-order valence-electron chi connectivity index (χ2n) is 5.74. The van der Waals surface area contributed by atoms with Crippen LogP contribution in [-0.4, -0.2) is 25.5 Å². The van der Waals surface area contributed by atoms with Gasteiger partial charge in [-0.3, -0.25) is 20.4 Å². The molecule has 7 heteroatoms. The Morgan fingerprint density at radius 2 is 1.65 bits per heavy atom. The Hall–Kier alpha value is -2.73. The number of nitrogens with one attached hydrogen (secondary N) is 2. The first kappa shape index (κ1) is 19.6. The van der Waals surface area contributed by atoms with Crippen LogP contribution in [-0.2, 0) is 16.0 Å². The van der Waals surface area contributed by atoms with Crippen LogP contribution in [0.2, 0.25) is 5.02 Å². The lowest BCUT2D eigenvalue weighted by Crippen LogP contribution is -2.44. The number of carbonyl (C=O) groups excluding carboxylic acids is 2. The van der Waals surface area contributed by atoms with E-state index < -0.39 is 5.91 Å². The third-order valence-electron chi connectivity index (χ3n) is 3.66. The van der Waals surface area contributed by atoms with Crippen molar-refractivity contribution in [3.8, 4) is 11.5 Å². The Morgan fingerprint density at radius 1 is 1.04 bits per heavy atom. The summed E-state index contributed by atoms with van der Waals surface area (Å²) in [7, 11) is 1.54. The van der Waals surface area contributed by atoms with Crippen molar-refractivity contribution in [1.29, 1.82) is 0 Å². The van der Waals surface area contributed by atoms with Crippen LogP contribution in [0.15, 0.2) is 36.4 Å². The molecule has 0 aromatic heterocycles. The maximum Gasteiger partial charge on any atom is 0.276 e. The molecule has 0 aliphatic heterocycles. The molecule has 0 saturated heterocycles. The molecule has 0 saturated carbocycles. The van der Waals surface area contributed by atoms with Gasteiger partial charge in [0.2, 0.25) is 5.91 Å². The lowest BCUT2D eigenvalue weighted by Gasteiger charge is -2.11. The molecule has 0 heterocycles. The highest BCUT2D eigenvalue weighted by atomic mass is 35.5. The molecule has 2 rings (SSSR count). The minimum absolute atomic E-state index is 0.0841. The number of hydrogen-bond acceptors (Lipinski definition) is 4. The van der Waals surface area contributed by atoms with E-state index in [-0.39, 0.29) is 18.9 Å². The van der Waals surface area contributed by atoms with E-state index in [4.69, 9.17) is 21.1 Å². The van der Waals surface area contributed by atoms with Crippen molar-refractivity contribution in [1.82, 2.24) is 10.9 Å². The van der Waals surface area contributed by atoms with E-state index in [0.29, 0.717) is 16.5 Å². The zero-order valence-corrected chi connectivity index (χ0v) is 15.6. The topological polar surface area (TPSA) is 76.7 Å². The molecular formula is C19H21ClN2O4. The summed E-state index contributed by atoms with van der Waals surface area (Å²) in [5.41, 5.74) is 7.14. The van der Waals surface area contributed by atoms with Crippen LogP contribution in [0.5, 0.6) is 11.5 Å². The van der Waals surface area contributed by atoms with Gasteiger partial charge in [0.1, 0.15) is 11.5 Å². The van der Waals surface area contributed by atoms with Crippen molar-refractivity contribution in [2.75, 3.05) is 13.7 Å². The summed E-state index contributed by atoms with van der Waals surface area (Å²) in [6, 6.07) is 10.7. The molecule has 2 N–H and O–H groups in total. The highest BCUT2D eigenvalue weighted by molar-refractivity contribution is 6.32. The van der Waals surface area contributed by atoms with Crippen molar-refractivity contribution in [2.45, 2.75) is 20.3 Å². The van der Waals surface area contributed by atoms with Gasteiger partial charge < -0.3 is 9.47 Å². The van der Waals surface area contributed by atoms with Gasteiger partial charge in [0.25, 0.3) is 5.91 Å². The molecule has 0 aliphatic rings. The zero-order chi connectivity index (χ0) is 19.1. The molecule has 138 valence electrons. The molecule has 26 heavy (non-hydrogen) atoms. The molecule has 6 nitrogen and oxygen atoms in total. The van der Waals surface area contributed by atoms with E-state index in [9.17, 15) is 9.59 Å². The number of hydrazine groups is 1. The van der Waals surface area contributed by atoms with Crippen LogP contribution >= 0.6 is 11.6 Å². The summed E-state index contributed by atoms with van der Waals surface area (Å²) in [5, 5.41) is 0.672. The number of carbonyl (C=O) groups is 2. The maximum absolute atomic E-state index is 11.9. The summed E-state index contributed by atoms with van der Waals surface area (Å²) in [6.07, 6.45) is 0.0841. The van der Waals surface area contributed by atoms with Gasteiger partial charge in [-0.1, -0.05) is 29.8 Å². The highest BCUT2D eigenvalue weighted by Gasteiger charge is 2.10. The summed E-state index contributed by atoms with van der Waals surface area (Å²) in [5.74, 6) is 0.329. The molecule has 0 unspecified atom stereocenters. The van der Waals surface area contributed by atoms with E-state index in [1.54, 1.807) is 24.3 Å². The van der Waals surface area contributed by atoms with Crippen molar-refractivity contribution < 1.29 is 19.1 Å². The molecule has 0 radical (unpaired) electrons. The standard InChI is InChI=1S/C19H21ClN2O4/c1-12-8-15(9-13(2)19(12)20)26-11-18(24)22-21-17(23)10-14-6-4-5-7-16(14)25-3/h4-9H,10-11H2,1-3H3,(H,21,23)(H,22,24). The number of aryl methyl sites for hydroxylation is 2. The summed E-state index contributed by atoms with van der Waals surface area (Å²) < 4.78 is 10.6. The molecule has 0 atom stereocenters. The van der Waals surface area contributed by atoms with Gasteiger partial charge in [0.15, 0.2) is 6.61 Å². The van der Waals surface area contributed by atoms with Gasteiger partial charge in [0.05, 0.1) is 13.5 Å². The SMILES string of the molecule is COc1ccccc1CC(=O)NNC(=O)COc1cc(C)c(Cl)c(C)c1. The predicted octanol–water partition coefficient (Wildman–Crippen LogP) is 2.73. The van der Waals surface area contributed by atoms with Crippen molar-refractivity contribution in [3.63, 3.8) is 0 Å². The third kappa shape index (κ3) is 5.39. The number of para-hydroxylation sites is 1. The Balaban J connectivity index is 1.80. The van der Waals surface area contributed by atoms with Crippen LogP contribution in [0.25, 0.3) is 0 Å². The monoisotopic (exact) mass is 376 g/mol. The first-order chi connectivity index (χ1) is 12.4. The van der Waals surface area contributed by atoms with E-state index in [0.717, 1.165) is 16.7 Å². The van der Waals surface area contributed by atoms with Gasteiger partial charge in [-0.2, -0.15) is 0 Å². The average Bonchev–Trinajstić information content (AvgIpc) is 2.63. The van der Waals surface area contributed by atoms with Crippen LogP contribution in [0.3, 0.4) is 0 Å². The number of halogens is 1. The second-order valence-corrected chi connectivity index (χ2v) is 6.12. The molecule has 0 aliphatic carbocycles. The fraction of sp³-hybridized carbons (Fsp3) is 0.263. The van der Waals surface area contributed by atoms with Gasteiger partial charge >= 0.3 is 0 Å². The molecule has 0 bridgehead atoms. The Kier molecular flexibility index (Phi) is 6.86. The quantitative estimate of drug-likeness (QED) is 0.760. The number of amides is 2. The number of methoxy groups -OCH3 is 1. The molecule has 2 aromatic carbocycles. The number of rotatable bonds is 6. The normalized spacial score (nSPS) is 10.2. The molecule has 2 aromatic rings. The number of ether oxygens (including phenoxy) is 2. The third-order valence-corrected chi connectivity index (χ3v) is 4.26. The first-order valence-corrected chi connectivity index (χ1v) is 8.37. The van der Waals surface area contributed by atoms with Gasteiger partial charge in [-0.05, 0) is 43.2 Å². The van der Waals surface area contributed by atoms with Gasteiger partial charge in [-0.15, -0.1) is 0 Å². The minimum atomic E-state index is -0.469. The molecular weight excluding hydrogens is 356 g/mol. The minimum Gasteiger partial charge on any atom is -0.496 e. The smallest absolute Gasteiger partial charge is 0.276 e. The highest BCUT2D eigenvalue weighted by Crippen LogP contribution is 2.25. The summed E-state index contributed by atoms with van der Waals surface area (Å²) >= 11 is 6.09. The van der Waals surface area contributed by atoms with Crippen LogP contribution < -0.4 is 20.3 Å². The largest absolute Gasteiger partial charge is 0.496 e. The Bertz CT molecular complexity index is 785. The first-order valence-electron chi connectivity index (χ1n) is 8.00. The summed E-state index contributed by atoms with van der Waals surface area (Å²) in [4.78, 5) is 23.8. The number of hydrogen-bond donors (Lipinski definition) is 2. The van der Waals surface area contributed by atoms with E-state index in [2.05, 4.69) is 10.9 Å². The molecule has 2 amide bonds. The fourth-order valence-corrected chi connectivity index (χ4v) is 2.49. The Morgan fingerprint density at radius 3 is 2.31 bits per heavy atom. The van der Waals surface area contributed by atoms with E-state index in [1.807, 2.05) is 26.0 Å². The van der Waals surface area contributed by atoms with Crippen molar-refractivity contribution >= 4 is 23.4 Å². The van der Waals surface area contributed by atoms with E-state index in [1.165, 1.54) is 7.11 Å². The second kappa shape index (κ2) is 9.10. The molecule has 0 spiro atoms. The van der Waals surface area contributed by atoms with Crippen LogP contribution in [0.4, 0.5) is 0 Å². The predicted molar refractivity (Wildman–Crippen MR) is 99.4 cm³/mol. The number of benzene rings is 2. The lowest BCUT2D eigenvalue weighted by atomic mass is 10.1. The molecule has 0 fully saturated rings. The Labute approximate surface area is 157 Å². The average molecular weight is 377 g/mol. The van der Waals surface area contributed by atoms with Crippen LogP contribution in [0.1, 0.15) is 16.7 Å². The van der Waals surface area contributed by atoms with Crippen molar-refractivity contribution in [3.05, 3.63) is 58.1 Å². The van der Waals surface area contributed by atoms with Crippen molar-refractivity contribution in [2.24, 2.45) is 0 Å². The zero-order valence-electron chi connectivity index (χ0n) is 14.9. The lowest BCUT2D eigenvalue weighted by molar-refractivity contribution is -0.129.